The van der Waals surface area contributed by atoms with Crippen LogP contribution < -0.4 is 17.0 Å². The van der Waals surface area contributed by atoms with Gasteiger partial charge in [0.05, 0.1) is 12.9 Å². The number of aromatic nitrogens is 4. The molecule has 2 unspecified atom stereocenters. The molecule has 10 nitrogen and oxygen atoms in total. The van der Waals surface area contributed by atoms with Crippen molar-refractivity contribution < 1.29 is 14.9 Å². The van der Waals surface area contributed by atoms with E-state index >= 15 is 0 Å². The Kier molecular flexibility index (Phi) is 3.75. The van der Waals surface area contributed by atoms with Crippen molar-refractivity contribution in [1.82, 2.24) is 19.5 Å². The predicted molar refractivity (Wildman–Crippen MR) is 80.1 cm³/mol. The van der Waals surface area contributed by atoms with Gasteiger partial charge in [-0.2, -0.15) is 4.98 Å². The number of hydrogen-bond acceptors (Lipinski definition) is 8. The van der Waals surface area contributed by atoms with Gasteiger partial charge < -0.3 is 26.4 Å². The topological polar surface area (TPSA) is 165 Å². The van der Waals surface area contributed by atoms with Gasteiger partial charge in [-0.25, -0.2) is 4.98 Å². The molecule has 1 fully saturated rings. The van der Waals surface area contributed by atoms with Gasteiger partial charge in [0.25, 0.3) is 5.56 Å². The molecule has 0 aliphatic carbocycles. The fourth-order valence-corrected chi connectivity index (χ4v) is 2.74. The third-order valence-electron chi connectivity index (χ3n) is 3.70. The molecule has 1 aliphatic heterocycles. The number of ether oxygens (including phenoxy) is 1. The molecule has 0 saturated carbocycles. The third kappa shape index (κ3) is 2.26. The highest BCUT2D eigenvalue weighted by Gasteiger charge is 2.54. The SMILES string of the molecule is Nc1nc2c(ncn2[C@@H]2O[C@H](CO)C(O)C2(N)C#CCl)c(=O)[nH]1. The van der Waals surface area contributed by atoms with E-state index in [4.69, 9.17) is 27.8 Å². The quantitative estimate of drug-likeness (QED) is 0.386. The Hall–Kier alpha value is -2.16. The van der Waals surface area contributed by atoms with Gasteiger partial charge in [-0.05, 0) is 11.6 Å². The number of nitrogen functional groups attached to an aromatic ring is 1. The maximum Gasteiger partial charge on any atom is 0.280 e. The number of nitrogens with zero attached hydrogens (tertiary/aromatic N) is 3. The number of anilines is 1. The normalized spacial score (nSPS) is 30.3. The predicted octanol–water partition coefficient (Wildman–Crippen LogP) is -2.15. The summed E-state index contributed by atoms with van der Waals surface area (Å²) in [6, 6.07) is 0. The molecule has 0 radical (unpaired) electrons. The van der Waals surface area contributed by atoms with E-state index in [9.17, 15) is 15.0 Å². The van der Waals surface area contributed by atoms with Crippen LogP contribution in [0.15, 0.2) is 11.1 Å². The minimum atomic E-state index is -1.64. The molecule has 23 heavy (non-hydrogen) atoms. The van der Waals surface area contributed by atoms with Gasteiger partial charge in [-0.3, -0.25) is 14.3 Å². The molecule has 0 spiro atoms. The highest BCUT2D eigenvalue weighted by atomic mass is 35.5. The number of halogens is 1. The number of fused-ring (bicyclic) bond motifs is 1. The standard InChI is InChI=1S/C12H13ClN6O4/c13-2-1-12(15)7(21)5(3-20)23-10(12)19-4-16-6-8(19)17-11(14)18-9(6)22/h4-5,7,10,20-21H,3,15H2,(H3,14,17,18,22)/t5-,7?,10-,12?/m1/s1. The number of rotatable bonds is 2. The van der Waals surface area contributed by atoms with Gasteiger partial charge in [0, 0.05) is 5.38 Å². The van der Waals surface area contributed by atoms with Crippen molar-refractivity contribution in [3.05, 3.63) is 16.7 Å². The average Bonchev–Trinajstić information content (AvgIpc) is 3.01. The summed E-state index contributed by atoms with van der Waals surface area (Å²) in [6.45, 7) is -0.483. The number of H-pyrrole nitrogens is 1. The summed E-state index contributed by atoms with van der Waals surface area (Å²) in [5.41, 5.74) is 9.64. The van der Waals surface area contributed by atoms with E-state index in [2.05, 4.69) is 26.3 Å². The zero-order valence-electron chi connectivity index (χ0n) is 11.6. The monoisotopic (exact) mass is 340 g/mol. The van der Waals surface area contributed by atoms with Crippen molar-refractivity contribution in [2.45, 2.75) is 24.0 Å². The number of aliphatic hydroxyl groups is 2. The first kappa shape index (κ1) is 15.7. The van der Waals surface area contributed by atoms with Gasteiger partial charge in [0.15, 0.2) is 22.9 Å². The summed E-state index contributed by atoms with van der Waals surface area (Å²) in [6.07, 6.45) is -2.12. The van der Waals surface area contributed by atoms with Gasteiger partial charge in [-0.15, -0.1) is 0 Å². The first-order valence-corrected chi connectivity index (χ1v) is 6.88. The summed E-state index contributed by atoms with van der Waals surface area (Å²) in [5, 5.41) is 21.7. The summed E-state index contributed by atoms with van der Waals surface area (Å²) >= 11 is 5.44. The van der Waals surface area contributed by atoms with Crippen LogP contribution in [0.5, 0.6) is 0 Å². The molecule has 0 aromatic carbocycles. The van der Waals surface area contributed by atoms with Crippen molar-refractivity contribution in [2.24, 2.45) is 5.73 Å². The third-order valence-corrected chi connectivity index (χ3v) is 3.80. The summed E-state index contributed by atoms with van der Waals surface area (Å²) < 4.78 is 6.89. The van der Waals surface area contributed by atoms with Crippen molar-refractivity contribution in [2.75, 3.05) is 12.3 Å². The van der Waals surface area contributed by atoms with Gasteiger partial charge in [0.1, 0.15) is 12.2 Å². The first-order chi connectivity index (χ1) is 10.9. The molecule has 122 valence electrons. The molecule has 1 aliphatic rings. The molecule has 3 heterocycles. The number of imidazole rings is 1. The minimum absolute atomic E-state index is 0.0194. The van der Waals surface area contributed by atoms with Gasteiger partial charge in [0.2, 0.25) is 5.95 Å². The summed E-state index contributed by atoms with van der Waals surface area (Å²) in [7, 11) is 0. The second-order valence-electron chi connectivity index (χ2n) is 5.08. The minimum Gasteiger partial charge on any atom is -0.394 e. The fraction of sp³-hybridized carbons (Fsp3) is 0.417. The number of aromatic amines is 1. The smallest absolute Gasteiger partial charge is 0.280 e. The molecule has 3 rings (SSSR count). The van der Waals surface area contributed by atoms with Crippen LogP contribution in [0.1, 0.15) is 6.23 Å². The van der Waals surface area contributed by atoms with Crippen molar-refractivity contribution in [3.8, 4) is 11.3 Å². The van der Waals surface area contributed by atoms with Crippen molar-refractivity contribution in [3.63, 3.8) is 0 Å². The first-order valence-electron chi connectivity index (χ1n) is 6.50. The van der Waals surface area contributed by atoms with Crippen LogP contribution >= 0.6 is 11.6 Å². The Labute approximate surface area is 134 Å². The molecule has 11 heteroatoms. The van der Waals surface area contributed by atoms with E-state index in [1.807, 2.05) is 0 Å². The van der Waals surface area contributed by atoms with Gasteiger partial charge in [-0.1, -0.05) is 5.92 Å². The van der Waals surface area contributed by atoms with Crippen LogP contribution in [0.25, 0.3) is 11.2 Å². The lowest BCUT2D eigenvalue weighted by atomic mass is 9.92. The summed E-state index contributed by atoms with van der Waals surface area (Å²) in [5.74, 6) is 2.36. The second-order valence-corrected chi connectivity index (χ2v) is 5.27. The molecule has 0 amide bonds. The number of nitrogens with two attached hydrogens (primary N) is 2. The van der Waals surface area contributed by atoms with Crippen molar-refractivity contribution >= 4 is 28.7 Å². The summed E-state index contributed by atoms with van der Waals surface area (Å²) in [4.78, 5) is 22.1. The van der Waals surface area contributed by atoms with E-state index in [1.54, 1.807) is 0 Å². The Morgan fingerprint density at radius 1 is 1.61 bits per heavy atom. The molecular weight excluding hydrogens is 328 g/mol. The molecule has 2 aromatic rings. The highest BCUT2D eigenvalue weighted by molar-refractivity contribution is 6.30. The van der Waals surface area contributed by atoms with Crippen LogP contribution in [-0.4, -0.2) is 54.1 Å². The van der Waals surface area contributed by atoms with E-state index in [0.717, 1.165) is 0 Å². The Morgan fingerprint density at radius 2 is 2.35 bits per heavy atom. The highest BCUT2D eigenvalue weighted by Crippen LogP contribution is 2.37. The lowest BCUT2D eigenvalue weighted by Crippen LogP contribution is -2.53. The largest absolute Gasteiger partial charge is 0.394 e. The van der Waals surface area contributed by atoms with E-state index in [-0.39, 0.29) is 17.1 Å². The number of aliphatic hydroxyl groups excluding tert-OH is 2. The molecule has 7 N–H and O–H groups in total. The molecule has 2 aromatic heterocycles. The molecule has 0 bridgehead atoms. The van der Waals surface area contributed by atoms with Crippen LogP contribution in [-0.2, 0) is 4.74 Å². The molecule has 4 atom stereocenters. The van der Waals surface area contributed by atoms with Crippen LogP contribution in [0.3, 0.4) is 0 Å². The van der Waals surface area contributed by atoms with E-state index < -0.39 is 36.1 Å². The molecule has 1 saturated heterocycles. The average molecular weight is 341 g/mol. The second kappa shape index (κ2) is 5.48. The lowest BCUT2D eigenvalue weighted by molar-refractivity contribution is -0.0447. The fourth-order valence-electron chi connectivity index (χ4n) is 2.58. The Bertz CT molecular complexity index is 870. The molecular formula is C12H13ClN6O4. The zero-order valence-corrected chi connectivity index (χ0v) is 12.4. The maximum absolute atomic E-state index is 11.8. The van der Waals surface area contributed by atoms with E-state index in [0.29, 0.717) is 0 Å². The van der Waals surface area contributed by atoms with Gasteiger partial charge >= 0.3 is 0 Å². The van der Waals surface area contributed by atoms with E-state index in [1.165, 1.54) is 10.9 Å². The number of nitrogens with one attached hydrogen (secondary N) is 1. The Balaban J connectivity index is 2.20. The van der Waals surface area contributed by atoms with Crippen LogP contribution in [0.4, 0.5) is 5.95 Å². The maximum atomic E-state index is 11.8. The van der Waals surface area contributed by atoms with Crippen LogP contribution in [0.2, 0.25) is 0 Å². The lowest BCUT2D eigenvalue weighted by Gasteiger charge is -2.27. The van der Waals surface area contributed by atoms with Crippen LogP contribution in [0, 0.1) is 11.3 Å². The Morgan fingerprint density at radius 3 is 3.00 bits per heavy atom. The number of hydrogen-bond donors (Lipinski definition) is 5. The van der Waals surface area contributed by atoms with Crippen molar-refractivity contribution in [1.29, 1.82) is 0 Å². The zero-order chi connectivity index (χ0) is 16.8.